The minimum Gasteiger partial charge on any atom is -0.270 e. The van der Waals surface area contributed by atoms with Gasteiger partial charge in [0.15, 0.2) is 0 Å². The zero-order valence-corrected chi connectivity index (χ0v) is 10.1. The third-order valence-electron chi connectivity index (χ3n) is 1.09. The SMILES string of the molecule is CC1=CC(C)[C-]=C1.Cl.Cl.[Zr]. The first kappa shape index (κ1) is 17.1. The first-order valence-corrected chi connectivity index (χ1v) is 2.57. The molecule has 0 bridgehead atoms. The van der Waals surface area contributed by atoms with E-state index in [2.05, 4.69) is 26.0 Å². The Morgan fingerprint density at radius 2 is 1.90 bits per heavy atom. The molecule has 0 aromatic heterocycles. The van der Waals surface area contributed by atoms with Crippen molar-refractivity contribution in [3.05, 3.63) is 23.8 Å². The normalized spacial score (nSPS) is 19.8. The summed E-state index contributed by atoms with van der Waals surface area (Å²) in [7, 11) is 0. The van der Waals surface area contributed by atoms with Crippen molar-refractivity contribution < 1.29 is 26.2 Å². The van der Waals surface area contributed by atoms with Crippen molar-refractivity contribution in [3.8, 4) is 0 Å². The van der Waals surface area contributed by atoms with Gasteiger partial charge >= 0.3 is 0 Å². The maximum absolute atomic E-state index is 3.15. The first-order chi connectivity index (χ1) is 3.29. The average Bonchev–Trinajstić information content (AvgIpc) is 1.87. The van der Waals surface area contributed by atoms with Gasteiger partial charge in [-0.2, -0.15) is 6.08 Å². The summed E-state index contributed by atoms with van der Waals surface area (Å²) in [6.07, 6.45) is 7.38. The third kappa shape index (κ3) is 5.71. The number of allylic oxidation sites excluding steroid dienone is 4. The molecule has 0 saturated heterocycles. The van der Waals surface area contributed by atoms with Crippen molar-refractivity contribution in [1.29, 1.82) is 0 Å². The van der Waals surface area contributed by atoms with Crippen molar-refractivity contribution in [2.45, 2.75) is 13.8 Å². The smallest absolute Gasteiger partial charge is 0 e. The fourth-order valence-electron chi connectivity index (χ4n) is 0.753. The summed E-state index contributed by atoms with van der Waals surface area (Å²) in [5, 5.41) is 0. The van der Waals surface area contributed by atoms with Crippen LogP contribution in [0.1, 0.15) is 13.8 Å². The van der Waals surface area contributed by atoms with E-state index in [0.717, 1.165) is 0 Å². The molecule has 0 radical (unpaired) electrons. The molecule has 1 aliphatic rings. The standard InChI is InChI=1S/C7H9.2ClH.Zr/c1-6-3-4-7(2)5-6;;;/h3,5,7H,1-2H3;2*1H;/q-1;;;. The molecule has 0 N–H and O–H groups in total. The maximum Gasteiger partial charge on any atom is 0 e. The molecule has 0 saturated carbocycles. The first-order valence-electron chi connectivity index (χ1n) is 2.57. The molecule has 1 atom stereocenters. The quantitative estimate of drug-likeness (QED) is 0.585. The van der Waals surface area contributed by atoms with Gasteiger partial charge in [0.2, 0.25) is 0 Å². The van der Waals surface area contributed by atoms with Gasteiger partial charge < -0.3 is 0 Å². The van der Waals surface area contributed by atoms with Crippen LogP contribution in [0.4, 0.5) is 0 Å². The molecule has 10 heavy (non-hydrogen) atoms. The fourth-order valence-corrected chi connectivity index (χ4v) is 0.753. The van der Waals surface area contributed by atoms with Gasteiger partial charge in [0, 0.05) is 26.2 Å². The van der Waals surface area contributed by atoms with Gasteiger partial charge in [-0.25, -0.2) is 11.6 Å². The Labute approximate surface area is 94.1 Å². The van der Waals surface area contributed by atoms with Gasteiger partial charge in [-0.15, -0.1) is 31.7 Å². The summed E-state index contributed by atoms with van der Waals surface area (Å²) in [6.45, 7) is 4.23. The maximum atomic E-state index is 3.15. The van der Waals surface area contributed by atoms with E-state index in [1.54, 1.807) is 0 Å². The van der Waals surface area contributed by atoms with E-state index in [9.17, 15) is 0 Å². The van der Waals surface area contributed by atoms with Gasteiger partial charge in [-0.3, -0.25) is 6.08 Å². The third-order valence-corrected chi connectivity index (χ3v) is 1.09. The van der Waals surface area contributed by atoms with Crippen molar-refractivity contribution in [3.63, 3.8) is 0 Å². The molecule has 0 fully saturated rings. The Bertz CT molecular complexity index is 130. The number of rotatable bonds is 0. The zero-order chi connectivity index (χ0) is 5.28. The van der Waals surface area contributed by atoms with Gasteiger partial charge in [0.25, 0.3) is 0 Å². The molecule has 0 amide bonds. The predicted molar refractivity (Wildman–Crippen MR) is 45.2 cm³/mol. The molecule has 0 spiro atoms. The second kappa shape index (κ2) is 8.04. The second-order valence-corrected chi connectivity index (χ2v) is 2.01. The van der Waals surface area contributed by atoms with Gasteiger partial charge in [0.05, 0.1) is 0 Å². The molecular formula is C7H11Cl2Zr-. The Hall–Kier alpha value is 0.943. The van der Waals surface area contributed by atoms with Crippen LogP contribution in [0.5, 0.6) is 0 Å². The Morgan fingerprint density at radius 3 is 2.00 bits per heavy atom. The number of hydrogen-bond donors (Lipinski definition) is 0. The van der Waals surface area contributed by atoms with Crippen LogP contribution < -0.4 is 0 Å². The van der Waals surface area contributed by atoms with E-state index in [1.165, 1.54) is 5.57 Å². The summed E-state index contributed by atoms with van der Waals surface area (Å²) in [5.41, 5.74) is 1.34. The van der Waals surface area contributed by atoms with Crippen LogP contribution in [0.15, 0.2) is 17.7 Å². The predicted octanol–water partition coefficient (Wildman–Crippen LogP) is 2.78. The Morgan fingerprint density at radius 1 is 1.40 bits per heavy atom. The van der Waals surface area contributed by atoms with Crippen LogP contribution >= 0.6 is 24.8 Å². The molecule has 0 aromatic rings. The van der Waals surface area contributed by atoms with Crippen LogP contribution in [0, 0.1) is 12.0 Å². The van der Waals surface area contributed by atoms with E-state index in [-0.39, 0.29) is 51.0 Å². The van der Waals surface area contributed by atoms with E-state index >= 15 is 0 Å². The zero-order valence-electron chi connectivity index (χ0n) is 6.05. The van der Waals surface area contributed by atoms with E-state index < -0.39 is 0 Å². The van der Waals surface area contributed by atoms with Crippen LogP contribution in [0.25, 0.3) is 0 Å². The Kier molecular flexibility index (Phi) is 13.8. The fraction of sp³-hybridized carbons (Fsp3) is 0.429. The molecule has 0 aliphatic heterocycles. The average molecular weight is 257 g/mol. The molecule has 3 heteroatoms. The van der Waals surface area contributed by atoms with Crippen molar-refractivity contribution in [2.24, 2.45) is 5.92 Å². The molecule has 0 nitrogen and oxygen atoms in total. The molecule has 58 valence electrons. The van der Waals surface area contributed by atoms with Crippen LogP contribution in [0.3, 0.4) is 0 Å². The topological polar surface area (TPSA) is 0 Å². The molecule has 1 unspecified atom stereocenters. The van der Waals surface area contributed by atoms with Gasteiger partial charge in [-0.1, -0.05) is 12.8 Å². The summed E-state index contributed by atoms with van der Waals surface area (Å²) in [4.78, 5) is 0. The molecule has 1 aliphatic carbocycles. The van der Waals surface area contributed by atoms with Crippen molar-refractivity contribution in [1.82, 2.24) is 0 Å². The minimum absolute atomic E-state index is 0. The second-order valence-electron chi connectivity index (χ2n) is 2.01. The summed E-state index contributed by atoms with van der Waals surface area (Å²) < 4.78 is 0. The largest absolute Gasteiger partial charge is 0.270 e. The molecular weight excluding hydrogens is 246 g/mol. The summed E-state index contributed by atoms with van der Waals surface area (Å²) in [5.74, 6) is 0.556. The summed E-state index contributed by atoms with van der Waals surface area (Å²) >= 11 is 0. The molecule has 1 rings (SSSR count). The van der Waals surface area contributed by atoms with Gasteiger partial charge in [-0.05, 0) is 0 Å². The van der Waals surface area contributed by atoms with Crippen LogP contribution in [0.2, 0.25) is 0 Å². The number of halogens is 2. The monoisotopic (exact) mass is 255 g/mol. The van der Waals surface area contributed by atoms with E-state index in [1.807, 2.05) is 6.08 Å². The molecule has 0 aromatic carbocycles. The number of hydrogen-bond acceptors (Lipinski definition) is 0. The van der Waals surface area contributed by atoms with Crippen LogP contribution in [-0.2, 0) is 26.2 Å². The minimum atomic E-state index is 0. The van der Waals surface area contributed by atoms with Crippen molar-refractivity contribution in [2.75, 3.05) is 0 Å². The van der Waals surface area contributed by atoms with E-state index in [4.69, 9.17) is 0 Å². The van der Waals surface area contributed by atoms with Crippen LogP contribution in [-0.4, -0.2) is 0 Å². The molecule has 0 heterocycles. The van der Waals surface area contributed by atoms with Gasteiger partial charge in [0.1, 0.15) is 0 Å². The Balaban J connectivity index is -0.000000163. The van der Waals surface area contributed by atoms with E-state index in [0.29, 0.717) is 5.92 Å². The van der Waals surface area contributed by atoms with Crippen molar-refractivity contribution >= 4 is 24.8 Å². The summed E-state index contributed by atoms with van der Waals surface area (Å²) in [6, 6.07) is 0.